The van der Waals surface area contributed by atoms with Gasteiger partial charge in [0.05, 0.1) is 5.56 Å². The van der Waals surface area contributed by atoms with Crippen LogP contribution < -0.4 is 10.1 Å². The van der Waals surface area contributed by atoms with Crippen LogP contribution in [0, 0.1) is 12.3 Å². The second kappa shape index (κ2) is 11.2. The van der Waals surface area contributed by atoms with Gasteiger partial charge in [0, 0.05) is 18.7 Å². The first kappa shape index (κ1) is 27.7. The third-order valence-electron chi connectivity index (χ3n) is 5.25. The van der Waals surface area contributed by atoms with E-state index >= 15 is 0 Å². The topological polar surface area (TPSA) is 103 Å². The van der Waals surface area contributed by atoms with Crippen molar-refractivity contribution in [2.75, 3.05) is 11.9 Å². The molecule has 2 rings (SSSR count). The van der Waals surface area contributed by atoms with Crippen LogP contribution in [0.15, 0.2) is 42.5 Å². The number of hydrogen-bond donors (Lipinski definition) is 3. The summed E-state index contributed by atoms with van der Waals surface area (Å²) in [6.07, 6.45) is -3.17. The van der Waals surface area contributed by atoms with Crippen LogP contribution in [-0.2, 0) is 17.4 Å². The number of hydrogen-bond acceptors (Lipinski definition) is 4. The minimum absolute atomic E-state index is 0.0706. The maximum atomic E-state index is 12.7. The summed E-state index contributed by atoms with van der Waals surface area (Å²) in [6, 6.07) is 8.83. The molecule has 0 unspecified atom stereocenters. The SMILES string of the molecule is CCCN(C(=N)CCc1ccc(OC(C)(C)C(=O)O)c(C)c1)C(=O)Nc1ccc(C(F)(F)F)cc1. The minimum Gasteiger partial charge on any atom is -0.478 e. The van der Waals surface area contributed by atoms with Crippen LogP contribution in [0.2, 0.25) is 0 Å². The molecular weight excluding hydrogens is 463 g/mol. The standard InChI is InChI=1S/C25H30F3N3O4/c1-5-14-31(23(34)30-19-10-8-18(9-11-19)25(26,27)28)21(29)13-7-17-6-12-20(16(2)15-17)35-24(3,4)22(32)33/h6,8-12,15,29H,5,7,13-14H2,1-4H3,(H,30,34)(H,32,33). The lowest BCUT2D eigenvalue weighted by Crippen LogP contribution is -2.40. The monoisotopic (exact) mass is 493 g/mol. The molecule has 190 valence electrons. The number of nitrogens with one attached hydrogen (secondary N) is 2. The summed E-state index contributed by atoms with van der Waals surface area (Å²) < 4.78 is 43.8. The van der Waals surface area contributed by atoms with E-state index in [1.165, 1.54) is 30.9 Å². The van der Waals surface area contributed by atoms with E-state index in [0.29, 0.717) is 18.6 Å². The fourth-order valence-corrected chi connectivity index (χ4v) is 3.21. The lowest BCUT2D eigenvalue weighted by Gasteiger charge is -2.24. The number of aryl methyl sites for hydroxylation is 2. The van der Waals surface area contributed by atoms with Crippen LogP contribution in [0.4, 0.5) is 23.7 Å². The molecule has 2 aromatic carbocycles. The molecule has 2 aromatic rings. The lowest BCUT2D eigenvalue weighted by molar-refractivity contribution is -0.152. The minimum atomic E-state index is -4.46. The van der Waals surface area contributed by atoms with Gasteiger partial charge in [0.2, 0.25) is 0 Å². The van der Waals surface area contributed by atoms with Gasteiger partial charge in [-0.15, -0.1) is 0 Å². The van der Waals surface area contributed by atoms with E-state index in [4.69, 9.17) is 10.1 Å². The molecule has 0 heterocycles. The zero-order valence-corrected chi connectivity index (χ0v) is 20.1. The molecule has 0 aliphatic rings. The Kier molecular flexibility index (Phi) is 8.89. The van der Waals surface area contributed by atoms with Crippen molar-refractivity contribution in [3.8, 4) is 5.75 Å². The van der Waals surface area contributed by atoms with Crippen LogP contribution >= 0.6 is 0 Å². The summed E-state index contributed by atoms with van der Waals surface area (Å²) in [5.74, 6) is -0.569. The third kappa shape index (κ3) is 7.73. The molecule has 0 radical (unpaired) electrons. The molecule has 0 saturated heterocycles. The average Bonchev–Trinajstić information content (AvgIpc) is 2.77. The summed E-state index contributed by atoms with van der Waals surface area (Å²) in [5.41, 5.74) is -0.365. The molecular formula is C25H30F3N3O4. The van der Waals surface area contributed by atoms with E-state index in [0.717, 1.165) is 23.3 Å². The van der Waals surface area contributed by atoms with Gasteiger partial charge in [-0.1, -0.05) is 19.1 Å². The molecule has 0 spiro atoms. The molecule has 2 amide bonds. The lowest BCUT2D eigenvalue weighted by atomic mass is 10.0. The maximum absolute atomic E-state index is 12.7. The second-order valence-electron chi connectivity index (χ2n) is 8.62. The van der Waals surface area contributed by atoms with Gasteiger partial charge in [-0.3, -0.25) is 10.3 Å². The van der Waals surface area contributed by atoms with Crippen molar-refractivity contribution < 1.29 is 32.6 Å². The van der Waals surface area contributed by atoms with Gasteiger partial charge in [0.15, 0.2) is 5.60 Å². The van der Waals surface area contributed by atoms with E-state index < -0.39 is 29.3 Å². The first-order valence-electron chi connectivity index (χ1n) is 11.1. The number of carboxylic acids is 1. The molecule has 10 heteroatoms. The molecule has 0 fully saturated rings. The quantitative estimate of drug-likeness (QED) is 0.290. The Morgan fingerprint density at radius 1 is 1.11 bits per heavy atom. The van der Waals surface area contributed by atoms with E-state index in [1.54, 1.807) is 19.1 Å². The maximum Gasteiger partial charge on any atom is 0.416 e. The van der Waals surface area contributed by atoms with Gasteiger partial charge in [-0.05, 0) is 75.1 Å². The predicted molar refractivity (Wildman–Crippen MR) is 127 cm³/mol. The van der Waals surface area contributed by atoms with Gasteiger partial charge in [0.1, 0.15) is 11.6 Å². The summed E-state index contributed by atoms with van der Waals surface area (Å²) in [5, 5.41) is 20.2. The number of halogens is 3. The largest absolute Gasteiger partial charge is 0.478 e. The van der Waals surface area contributed by atoms with Crippen LogP contribution in [0.5, 0.6) is 5.75 Å². The molecule has 0 saturated carbocycles. The van der Waals surface area contributed by atoms with Gasteiger partial charge in [-0.2, -0.15) is 13.2 Å². The van der Waals surface area contributed by atoms with Crippen molar-refractivity contribution >= 4 is 23.5 Å². The van der Waals surface area contributed by atoms with E-state index in [2.05, 4.69) is 5.32 Å². The van der Waals surface area contributed by atoms with Gasteiger partial charge >= 0.3 is 18.2 Å². The van der Waals surface area contributed by atoms with Crippen molar-refractivity contribution in [3.05, 3.63) is 59.2 Å². The molecule has 35 heavy (non-hydrogen) atoms. The Balaban J connectivity index is 2.03. The highest BCUT2D eigenvalue weighted by molar-refractivity contribution is 6.02. The Hall–Kier alpha value is -3.56. The van der Waals surface area contributed by atoms with Gasteiger partial charge in [0.25, 0.3) is 0 Å². The van der Waals surface area contributed by atoms with Crippen molar-refractivity contribution in [1.82, 2.24) is 4.90 Å². The molecule has 0 atom stereocenters. The second-order valence-corrected chi connectivity index (χ2v) is 8.62. The fourth-order valence-electron chi connectivity index (χ4n) is 3.21. The van der Waals surface area contributed by atoms with E-state index in [9.17, 15) is 27.9 Å². The average molecular weight is 494 g/mol. The molecule has 0 aliphatic carbocycles. The summed E-state index contributed by atoms with van der Waals surface area (Å²) in [7, 11) is 0. The first-order chi connectivity index (χ1) is 16.2. The number of carbonyl (C=O) groups excluding carboxylic acids is 1. The van der Waals surface area contributed by atoms with E-state index in [1.807, 2.05) is 13.0 Å². The molecule has 0 aromatic heterocycles. The number of rotatable bonds is 9. The molecule has 0 bridgehead atoms. The Morgan fingerprint density at radius 2 is 1.74 bits per heavy atom. The third-order valence-corrected chi connectivity index (χ3v) is 5.25. The number of ether oxygens (including phenoxy) is 1. The van der Waals surface area contributed by atoms with Gasteiger partial charge in [-0.25, -0.2) is 9.59 Å². The molecule has 7 nitrogen and oxygen atoms in total. The number of amidine groups is 1. The number of nitrogens with zero attached hydrogens (tertiary/aromatic N) is 1. The number of amides is 2. The number of benzene rings is 2. The van der Waals surface area contributed by atoms with Gasteiger partial charge < -0.3 is 15.2 Å². The number of urea groups is 1. The zero-order chi connectivity index (χ0) is 26.4. The highest BCUT2D eigenvalue weighted by atomic mass is 19.4. The van der Waals surface area contributed by atoms with E-state index in [-0.39, 0.29) is 24.5 Å². The number of carboxylic acid groups (broad SMARTS) is 1. The van der Waals surface area contributed by atoms with Crippen molar-refractivity contribution in [2.24, 2.45) is 0 Å². The van der Waals surface area contributed by atoms with Crippen LogP contribution in [-0.4, -0.2) is 40.0 Å². The first-order valence-corrected chi connectivity index (χ1v) is 11.1. The van der Waals surface area contributed by atoms with Crippen LogP contribution in [0.3, 0.4) is 0 Å². The summed E-state index contributed by atoms with van der Waals surface area (Å²) in [4.78, 5) is 25.3. The van der Waals surface area contributed by atoms with Crippen molar-refractivity contribution in [1.29, 1.82) is 5.41 Å². The van der Waals surface area contributed by atoms with Crippen molar-refractivity contribution in [3.63, 3.8) is 0 Å². The Labute approximate surface area is 202 Å². The fraction of sp³-hybridized carbons (Fsp3) is 0.400. The smallest absolute Gasteiger partial charge is 0.416 e. The Morgan fingerprint density at radius 3 is 2.26 bits per heavy atom. The van der Waals surface area contributed by atoms with Crippen molar-refractivity contribution in [2.45, 2.75) is 58.7 Å². The predicted octanol–water partition coefficient (Wildman–Crippen LogP) is 6.11. The number of alkyl halides is 3. The normalized spacial score (nSPS) is 11.6. The molecule has 3 N–H and O–H groups in total. The number of aliphatic carboxylic acids is 1. The summed E-state index contributed by atoms with van der Waals surface area (Å²) >= 11 is 0. The van der Waals surface area contributed by atoms with Crippen LogP contribution in [0.25, 0.3) is 0 Å². The zero-order valence-electron chi connectivity index (χ0n) is 20.1. The molecule has 0 aliphatic heterocycles. The highest BCUT2D eigenvalue weighted by Crippen LogP contribution is 2.30. The number of carbonyl (C=O) groups is 2. The highest BCUT2D eigenvalue weighted by Gasteiger charge is 2.31. The summed E-state index contributed by atoms with van der Waals surface area (Å²) in [6.45, 7) is 6.85. The number of anilines is 1. The van der Waals surface area contributed by atoms with Crippen LogP contribution in [0.1, 0.15) is 50.3 Å². The Bertz CT molecular complexity index is 1070.